The number of imidazole rings is 1. The molecular formula is C24H27N7OS. The van der Waals surface area contributed by atoms with Gasteiger partial charge in [-0.3, -0.25) is 9.69 Å². The molecule has 0 bridgehead atoms. The Morgan fingerprint density at radius 3 is 2.55 bits per heavy atom. The number of hydrogen-bond acceptors (Lipinski definition) is 6. The van der Waals surface area contributed by atoms with E-state index in [1.54, 1.807) is 0 Å². The van der Waals surface area contributed by atoms with Crippen LogP contribution in [0.3, 0.4) is 0 Å². The lowest BCUT2D eigenvalue weighted by atomic mass is 10.2. The summed E-state index contributed by atoms with van der Waals surface area (Å²) in [5.74, 6) is 1.38. The van der Waals surface area contributed by atoms with E-state index >= 15 is 0 Å². The van der Waals surface area contributed by atoms with Crippen LogP contribution in [-0.4, -0.2) is 71.8 Å². The van der Waals surface area contributed by atoms with Crippen molar-refractivity contribution in [2.24, 2.45) is 0 Å². The van der Waals surface area contributed by atoms with E-state index in [9.17, 15) is 4.79 Å². The van der Waals surface area contributed by atoms with Gasteiger partial charge in [-0.05, 0) is 24.6 Å². The van der Waals surface area contributed by atoms with Gasteiger partial charge in [0.05, 0.1) is 18.0 Å². The molecule has 0 unspecified atom stereocenters. The van der Waals surface area contributed by atoms with Gasteiger partial charge in [-0.1, -0.05) is 48.2 Å². The van der Waals surface area contributed by atoms with E-state index in [-0.39, 0.29) is 5.91 Å². The zero-order valence-corrected chi connectivity index (χ0v) is 19.5. The van der Waals surface area contributed by atoms with Crippen molar-refractivity contribution in [2.45, 2.75) is 25.2 Å². The molecule has 1 fully saturated rings. The summed E-state index contributed by atoms with van der Waals surface area (Å²) in [6.07, 6.45) is 4.10. The summed E-state index contributed by atoms with van der Waals surface area (Å²) in [5.41, 5.74) is 3.22. The van der Waals surface area contributed by atoms with Crippen LogP contribution in [0.1, 0.15) is 17.1 Å². The molecule has 9 heteroatoms. The van der Waals surface area contributed by atoms with Crippen LogP contribution >= 0.6 is 11.8 Å². The SMILES string of the molecule is Cc1nnc(SCC(=O)N2CCN(Cc3cn4ccccc4n3)CC2)n1Cc1ccccc1. The number of nitrogens with zero attached hydrogens (tertiary/aromatic N) is 7. The van der Waals surface area contributed by atoms with E-state index < -0.39 is 0 Å². The predicted octanol–water partition coefficient (Wildman–Crippen LogP) is 2.72. The van der Waals surface area contributed by atoms with Crippen LogP contribution < -0.4 is 0 Å². The van der Waals surface area contributed by atoms with Crippen LogP contribution in [0.2, 0.25) is 0 Å². The highest BCUT2D eigenvalue weighted by atomic mass is 32.2. The van der Waals surface area contributed by atoms with Crippen molar-refractivity contribution in [1.29, 1.82) is 0 Å². The number of carbonyl (C=O) groups is 1. The third-order valence-corrected chi connectivity index (χ3v) is 6.89. The van der Waals surface area contributed by atoms with Crippen LogP contribution in [0, 0.1) is 6.92 Å². The minimum absolute atomic E-state index is 0.152. The first-order valence-corrected chi connectivity index (χ1v) is 12.1. The first kappa shape index (κ1) is 21.7. The summed E-state index contributed by atoms with van der Waals surface area (Å²) in [4.78, 5) is 21.8. The highest BCUT2D eigenvalue weighted by Crippen LogP contribution is 2.20. The molecule has 170 valence electrons. The minimum Gasteiger partial charge on any atom is -0.339 e. The molecule has 33 heavy (non-hydrogen) atoms. The van der Waals surface area contributed by atoms with Crippen LogP contribution in [0.4, 0.5) is 0 Å². The molecule has 0 atom stereocenters. The average molecular weight is 462 g/mol. The Hall–Kier alpha value is -3.17. The molecular weight excluding hydrogens is 434 g/mol. The Balaban J connectivity index is 1.12. The van der Waals surface area contributed by atoms with Crippen molar-refractivity contribution in [3.63, 3.8) is 0 Å². The van der Waals surface area contributed by atoms with E-state index in [4.69, 9.17) is 0 Å². The van der Waals surface area contributed by atoms with Gasteiger partial charge in [-0.25, -0.2) is 4.98 Å². The Kier molecular flexibility index (Phi) is 6.41. The standard InChI is InChI=1S/C24H27N7OS/c1-19-26-27-24(31(19)15-20-7-3-2-4-8-20)33-18-23(32)29-13-11-28(12-14-29)16-21-17-30-10-6-5-9-22(30)25-21/h2-10,17H,11-16,18H2,1H3. The van der Waals surface area contributed by atoms with Crippen molar-refractivity contribution < 1.29 is 4.79 Å². The average Bonchev–Trinajstić information content (AvgIpc) is 3.41. The first-order valence-electron chi connectivity index (χ1n) is 11.1. The number of fused-ring (bicyclic) bond motifs is 1. The second-order valence-electron chi connectivity index (χ2n) is 8.25. The Morgan fingerprint density at radius 2 is 1.76 bits per heavy atom. The summed E-state index contributed by atoms with van der Waals surface area (Å²) in [7, 11) is 0. The van der Waals surface area contributed by atoms with Crippen LogP contribution in [0.15, 0.2) is 66.1 Å². The molecule has 0 aliphatic carbocycles. The summed E-state index contributed by atoms with van der Waals surface area (Å²) < 4.78 is 4.12. The fourth-order valence-electron chi connectivity index (χ4n) is 4.08. The molecule has 0 spiro atoms. The largest absolute Gasteiger partial charge is 0.339 e. The van der Waals surface area contributed by atoms with Gasteiger partial charge in [-0.15, -0.1) is 10.2 Å². The summed E-state index contributed by atoms with van der Waals surface area (Å²) in [5, 5.41) is 9.30. The maximum Gasteiger partial charge on any atom is 0.233 e. The number of amides is 1. The number of thioether (sulfide) groups is 1. The monoisotopic (exact) mass is 461 g/mol. The molecule has 1 aromatic carbocycles. The lowest BCUT2D eigenvalue weighted by molar-refractivity contribution is -0.130. The smallest absolute Gasteiger partial charge is 0.233 e. The molecule has 1 aliphatic heterocycles. The van der Waals surface area contributed by atoms with Gasteiger partial charge in [0.15, 0.2) is 5.16 Å². The molecule has 1 saturated heterocycles. The third kappa shape index (κ3) is 5.09. The maximum atomic E-state index is 12.8. The minimum atomic E-state index is 0.152. The zero-order chi connectivity index (χ0) is 22.6. The summed E-state index contributed by atoms with van der Waals surface area (Å²) >= 11 is 1.47. The topological polar surface area (TPSA) is 71.6 Å². The van der Waals surface area contributed by atoms with E-state index in [1.807, 2.05) is 58.8 Å². The number of piperazine rings is 1. The van der Waals surface area contributed by atoms with Crippen molar-refractivity contribution >= 4 is 23.3 Å². The normalized spacial score (nSPS) is 14.8. The molecule has 1 amide bonds. The fourth-order valence-corrected chi connectivity index (χ4v) is 4.97. The van der Waals surface area contributed by atoms with Gasteiger partial charge in [0.2, 0.25) is 5.91 Å². The number of benzene rings is 1. The molecule has 4 aromatic rings. The van der Waals surface area contributed by atoms with Crippen molar-refractivity contribution in [3.05, 3.63) is 78.0 Å². The van der Waals surface area contributed by atoms with E-state index in [2.05, 4.69) is 43.0 Å². The second-order valence-corrected chi connectivity index (χ2v) is 9.19. The maximum absolute atomic E-state index is 12.8. The fraction of sp³-hybridized carbons (Fsp3) is 0.333. The van der Waals surface area contributed by atoms with Gasteiger partial charge in [0, 0.05) is 45.1 Å². The number of hydrogen-bond donors (Lipinski definition) is 0. The predicted molar refractivity (Wildman–Crippen MR) is 128 cm³/mol. The Bertz CT molecular complexity index is 1200. The quantitative estimate of drug-likeness (QED) is 0.394. The van der Waals surface area contributed by atoms with Gasteiger partial charge in [0.25, 0.3) is 0 Å². The number of rotatable bonds is 7. The van der Waals surface area contributed by atoms with E-state index in [0.29, 0.717) is 12.3 Å². The van der Waals surface area contributed by atoms with Gasteiger partial charge in [-0.2, -0.15) is 0 Å². The van der Waals surface area contributed by atoms with Gasteiger partial charge >= 0.3 is 0 Å². The van der Waals surface area contributed by atoms with Crippen molar-refractivity contribution in [2.75, 3.05) is 31.9 Å². The highest BCUT2D eigenvalue weighted by Gasteiger charge is 2.22. The van der Waals surface area contributed by atoms with E-state index in [1.165, 1.54) is 17.3 Å². The molecule has 4 heterocycles. The molecule has 5 rings (SSSR count). The van der Waals surface area contributed by atoms with Crippen LogP contribution in [-0.2, 0) is 17.9 Å². The Morgan fingerprint density at radius 1 is 0.970 bits per heavy atom. The second kappa shape index (κ2) is 9.76. The van der Waals surface area contributed by atoms with Gasteiger partial charge < -0.3 is 13.9 Å². The lowest BCUT2D eigenvalue weighted by Gasteiger charge is -2.34. The van der Waals surface area contributed by atoms with Crippen LogP contribution in [0.5, 0.6) is 0 Å². The Labute approximate surface area is 197 Å². The molecule has 0 N–H and O–H groups in total. The van der Waals surface area contributed by atoms with E-state index in [0.717, 1.165) is 55.0 Å². The van der Waals surface area contributed by atoms with Crippen molar-refractivity contribution in [3.8, 4) is 0 Å². The van der Waals surface area contributed by atoms with Gasteiger partial charge in [0.1, 0.15) is 11.5 Å². The molecule has 0 radical (unpaired) electrons. The first-order chi connectivity index (χ1) is 16.2. The molecule has 8 nitrogen and oxygen atoms in total. The molecule has 1 aliphatic rings. The highest BCUT2D eigenvalue weighted by molar-refractivity contribution is 7.99. The number of aryl methyl sites for hydroxylation is 1. The number of pyridine rings is 1. The summed E-state index contributed by atoms with van der Waals surface area (Å²) in [6.45, 7) is 6.65. The molecule has 3 aromatic heterocycles. The van der Waals surface area contributed by atoms with Crippen LogP contribution in [0.25, 0.3) is 5.65 Å². The third-order valence-electron chi connectivity index (χ3n) is 5.93. The lowest BCUT2D eigenvalue weighted by Crippen LogP contribution is -2.48. The molecule has 0 saturated carbocycles. The number of carbonyl (C=O) groups excluding carboxylic acids is 1. The number of aromatic nitrogens is 5. The summed E-state index contributed by atoms with van der Waals surface area (Å²) in [6, 6.07) is 16.3. The zero-order valence-electron chi connectivity index (χ0n) is 18.7. The van der Waals surface area contributed by atoms with Crippen molar-refractivity contribution in [1.82, 2.24) is 33.9 Å².